The molecule has 0 bridgehead atoms. The molecule has 1 aromatic heterocycles. The van der Waals surface area contributed by atoms with Crippen molar-refractivity contribution >= 4 is 17.3 Å². The maximum Gasteiger partial charge on any atom is 0.191 e. The lowest BCUT2D eigenvalue weighted by atomic mass is 10.0. The number of guanidine groups is 1. The van der Waals surface area contributed by atoms with Gasteiger partial charge in [0, 0.05) is 24.4 Å². The monoisotopic (exact) mass is 409 g/mol. The summed E-state index contributed by atoms with van der Waals surface area (Å²) in [4.78, 5) is 5.51. The van der Waals surface area contributed by atoms with Gasteiger partial charge in [0.25, 0.3) is 0 Å². The van der Waals surface area contributed by atoms with Crippen LogP contribution in [0.1, 0.15) is 16.4 Å². The summed E-state index contributed by atoms with van der Waals surface area (Å²) in [5.41, 5.74) is 3.48. The summed E-state index contributed by atoms with van der Waals surface area (Å²) in [6.07, 6.45) is 0. The molecule has 3 N–H and O–H groups in total. The van der Waals surface area contributed by atoms with E-state index in [1.54, 1.807) is 25.5 Å². The lowest BCUT2D eigenvalue weighted by Crippen LogP contribution is -2.39. The predicted molar refractivity (Wildman–Crippen MR) is 121 cm³/mol. The summed E-state index contributed by atoms with van der Waals surface area (Å²) < 4.78 is 5.22. The average Bonchev–Trinajstić information content (AvgIpc) is 3.26. The van der Waals surface area contributed by atoms with Crippen molar-refractivity contribution in [3.8, 4) is 16.9 Å². The number of hydrogen-bond donors (Lipinski definition) is 3. The van der Waals surface area contributed by atoms with Crippen LogP contribution in [0, 0.1) is 0 Å². The summed E-state index contributed by atoms with van der Waals surface area (Å²) in [7, 11) is 3.43. The van der Waals surface area contributed by atoms with E-state index in [-0.39, 0.29) is 12.5 Å². The molecule has 3 rings (SSSR count). The van der Waals surface area contributed by atoms with Crippen molar-refractivity contribution in [2.24, 2.45) is 4.99 Å². The van der Waals surface area contributed by atoms with E-state index in [2.05, 4.69) is 39.2 Å². The van der Waals surface area contributed by atoms with E-state index >= 15 is 0 Å². The van der Waals surface area contributed by atoms with Gasteiger partial charge in [0.15, 0.2) is 5.96 Å². The number of ether oxygens (including phenoxy) is 1. The Morgan fingerprint density at radius 3 is 2.48 bits per heavy atom. The molecule has 0 saturated heterocycles. The molecule has 0 fully saturated rings. The molecule has 152 valence electrons. The zero-order valence-electron chi connectivity index (χ0n) is 16.8. The van der Waals surface area contributed by atoms with Crippen LogP contribution in [0.3, 0.4) is 0 Å². The van der Waals surface area contributed by atoms with E-state index in [1.807, 2.05) is 42.5 Å². The van der Waals surface area contributed by atoms with Gasteiger partial charge in [-0.3, -0.25) is 4.99 Å². The minimum Gasteiger partial charge on any atom is -0.497 e. The first-order valence-corrected chi connectivity index (χ1v) is 10.4. The Morgan fingerprint density at radius 1 is 1.07 bits per heavy atom. The molecule has 0 radical (unpaired) electrons. The lowest BCUT2D eigenvalue weighted by Gasteiger charge is -2.18. The van der Waals surface area contributed by atoms with Crippen molar-refractivity contribution in [3.63, 3.8) is 0 Å². The number of aliphatic imine (C=N–C) groups is 1. The molecule has 6 heteroatoms. The minimum absolute atomic E-state index is 0.0261. The summed E-state index contributed by atoms with van der Waals surface area (Å²) in [5.74, 6) is 1.61. The molecular formula is C23H27N3O2S. The summed E-state index contributed by atoms with van der Waals surface area (Å²) in [5, 5.41) is 18.5. The molecule has 0 saturated carbocycles. The first-order chi connectivity index (χ1) is 14.2. The second-order valence-corrected chi connectivity index (χ2v) is 7.62. The number of methoxy groups -OCH3 is 1. The number of aliphatic hydroxyl groups is 1. The van der Waals surface area contributed by atoms with Crippen LogP contribution in [0.5, 0.6) is 5.75 Å². The fourth-order valence-corrected chi connectivity index (χ4v) is 3.87. The molecule has 5 nitrogen and oxygen atoms in total. The van der Waals surface area contributed by atoms with E-state index in [0.29, 0.717) is 13.1 Å². The Morgan fingerprint density at radius 2 is 1.83 bits per heavy atom. The van der Waals surface area contributed by atoms with Crippen LogP contribution < -0.4 is 15.4 Å². The van der Waals surface area contributed by atoms with Crippen molar-refractivity contribution in [2.45, 2.75) is 12.5 Å². The fourth-order valence-electron chi connectivity index (χ4n) is 3.03. The van der Waals surface area contributed by atoms with Crippen molar-refractivity contribution in [1.29, 1.82) is 0 Å². The molecule has 1 atom stereocenters. The predicted octanol–water partition coefficient (Wildman–Crippen LogP) is 3.86. The van der Waals surface area contributed by atoms with E-state index in [9.17, 15) is 5.11 Å². The van der Waals surface area contributed by atoms with Gasteiger partial charge in [-0.05, 0) is 40.3 Å². The average molecular weight is 410 g/mol. The summed E-state index contributed by atoms with van der Waals surface area (Å²) in [6, 6.07) is 20.3. The minimum atomic E-state index is 0.0261. The Bertz CT molecular complexity index is 907. The molecule has 3 aromatic rings. The van der Waals surface area contributed by atoms with Gasteiger partial charge in [-0.15, -0.1) is 11.3 Å². The van der Waals surface area contributed by atoms with E-state index < -0.39 is 0 Å². The van der Waals surface area contributed by atoms with Gasteiger partial charge < -0.3 is 20.5 Å². The zero-order chi connectivity index (χ0) is 20.5. The molecule has 29 heavy (non-hydrogen) atoms. The van der Waals surface area contributed by atoms with Crippen LogP contribution in [0.25, 0.3) is 11.1 Å². The molecule has 1 unspecified atom stereocenters. The third kappa shape index (κ3) is 5.82. The highest BCUT2D eigenvalue weighted by molar-refractivity contribution is 7.10. The van der Waals surface area contributed by atoms with Gasteiger partial charge in [-0.1, -0.05) is 42.5 Å². The van der Waals surface area contributed by atoms with Gasteiger partial charge in [0.1, 0.15) is 5.75 Å². The van der Waals surface area contributed by atoms with Gasteiger partial charge >= 0.3 is 0 Å². The topological polar surface area (TPSA) is 65.9 Å². The standard InChI is InChI=1S/C23H27N3O2S/c1-24-23(25-13-20(15-27)17-6-4-3-5-7-17)26-14-22-12-19(16-29-22)18-8-10-21(28-2)11-9-18/h3-12,16,20,27H,13-15H2,1-2H3,(H2,24,25,26). The molecule has 0 amide bonds. The lowest BCUT2D eigenvalue weighted by molar-refractivity contribution is 0.265. The van der Waals surface area contributed by atoms with Crippen LogP contribution in [-0.2, 0) is 6.54 Å². The third-order valence-corrected chi connectivity index (χ3v) is 5.67. The van der Waals surface area contributed by atoms with Crippen molar-refractivity contribution in [2.75, 3.05) is 27.3 Å². The van der Waals surface area contributed by atoms with E-state index in [1.165, 1.54) is 16.0 Å². The van der Waals surface area contributed by atoms with Gasteiger partial charge in [0.2, 0.25) is 0 Å². The van der Waals surface area contributed by atoms with Crippen LogP contribution in [-0.4, -0.2) is 38.4 Å². The van der Waals surface area contributed by atoms with Crippen LogP contribution in [0.15, 0.2) is 71.0 Å². The van der Waals surface area contributed by atoms with Crippen LogP contribution in [0.4, 0.5) is 0 Å². The van der Waals surface area contributed by atoms with Crippen molar-refractivity contribution in [3.05, 3.63) is 76.5 Å². The highest BCUT2D eigenvalue weighted by Gasteiger charge is 2.11. The molecule has 1 heterocycles. The number of nitrogens with one attached hydrogen (secondary N) is 2. The second kappa shape index (κ2) is 10.6. The SMILES string of the molecule is CN=C(NCc1cc(-c2ccc(OC)cc2)cs1)NCC(CO)c1ccccc1. The van der Waals surface area contributed by atoms with E-state index in [4.69, 9.17) is 4.74 Å². The Hall–Kier alpha value is -2.83. The van der Waals surface area contributed by atoms with Crippen LogP contribution in [0.2, 0.25) is 0 Å². The first kappa shape index (κ1) is 20.9. The molecule has 2 aromatic carbocycles. The fraction of sp³-hybridized carbons (Fsp3) is 0.261. The largest absolute Gasteiger partial charge is 0.497 e. The third-order valence-electron chi connectivity index (χ3n) is 4.74. The molecular weight excluding hydrogens is 382 g/mol. The molecule has 0 spiro atoms. The Balaban J connectivity index is 1.53. The normalized spacial score (nSPS) is 12.4. The first-order valence-electron chi connectivity index (χ1n) is 9.55. The van der Waals surface area contributed by atoms with Gasteiger partial charge in [-0.2, -0.15) is 0 Å². The van der Waals surface area contributed by atoms with Gasteiger partial charge in [-0.25, -0.2) is 0 Å². The summed E-state index contributed by atoms with van der Waals surface area (Å²) in [6.45, 7) is 1.39. The highest BCUT2D eigenvalue weighted by Crippen LogP contribution is 2.27. The number of hydrogen-bond acceptors (Lipinski definition) is 4. The van der Waals surface area contributed by atoms with Crippen molar-refractivity contribution < 1.29 is 9.84 Å². The second-order valence-electron chi connectivity index (χ2n) is 6.63. The number of nitrogens with zero attached hydrogens (tertiary/aromatic N) is 1. The Kier molecular flexibility index (Phi) is 7.67. The Labute approximate surface area is 176 Å². The maximum absolute atomic E-state index is 9.71. The van der Waals surface area contributed by atoms with E-state index in [0.717, 1.165) is 17.3 Å². The number of benzene rings is 2. The van der Waals surface area contributed by atoms with Crippen LogP contribution >= 0.6 is 11.3 Å². The zero-order valence-corrected chi connectivity index (χ0v) is 17.6. The highest BCUT2D eigenvalue weighted by atomic mass is 32.1. The number of rotatable bonds is 8. The quantitative estimate of drug-likeness (QED) is 0.390. The smallest absolute Gasteiger partial charge is 0.191 e. The van der Waals surface area contributed by atoms with Crippen molar-refractivity contribution in [1.82, 2.24) is 10.6 Å². The molecule has 0 aliphatic carbocycles. The maximum atomic E-state index is 9.71. The summed E-state index contributed by atoms with van der Waals surface area (Å²) >= 11 is 1.72. The number of aliphatic hydroxyl groups excluding tert-OH is 1. The van der Waals surface area contributed by atoms with Gasteiger partial charge in [0.05, 0.1) is 20.3 Å². The molecule has 0 aliphatic rings. The molecule has 0 aliphatic heterocycles. The number of thiophene rings is 1.